The van der Waals surface area contributed by atoms with Crippen molar-refractivity contribution < 1.29 is 14.3 Å². The number of carbonyl (C=O) groups is 1. The molecule has 4 fully saturated rings. The van der Waals surface area contributed by atoms with Gasteiger partial charge in [-0.25, -0.2) is 0 Å². The monoisotopic (exact) mass is 248 g/mol. The van der Waals surface area contributed by atoms with Crippen molar-refractivity contribution in [3.63, 3.8) is 0 Å². The highest BCUT2D eigenvalue weighted by molar-refractivity contribution is 5.95. The van der Waals surface area contributed by atoms with Crippen LogP contribution in [-0.2, 0) is 14.3 Å². The molecule has 98 valence electrons. The minimum absolute atomic E-state index is 0.0619. The SMILES string of the molecule is C[C@H]1[C@@H]2C[C@]34CC(=O)C=C3[C@@]1(C)CCOC(C4)O2. The molecule has 0 amide bonds. The van der Waals surface area contributed by atoms with E-state index in [-0.39, 0.29) is 23.2 Å². The van der Waals surface area contributed by atoms with Gasteiger partial charge in [0.1, 0.15) is 0 Å². The minimum Gasteiger partial charge on any atom is -0.353 e. The highest BCUT2D eigenvalue weighted by Crippen LogP contribution is 2.64. The Bertz CT molecular complexity index is 451. The van der Waals surface area contributed by atoms with Gasteiger partial charge in [-0.3, -0.25) is 4.79 Å². The average molecular weight is 248 g/mol. The molecule has 1 saturated carbocycles. The zero-order valence-electron chi connectivity index (χ0n) is 11.1. The number of ether oxygens (including phenoxy) is 2. The quantitative estimate of drug-likeness (QED) is 0.660. The average Bonchev–Trinajstić information content (AvgIpc) is 2.62. The zero-order valence-corrected chi connectivity index (χ0v) is 11.1. The summed E-state index contributed by atoms with van der Waals surface area (Å²) in [6.45, 7) is 5.34. The Hall–Kier alpha value is -0.670. The number of rotatable bonds is 0. The maximum Gasteiger partial charge on any atom is 0.158 e. The third-order valence-electron chi connectivity index (χ3n) is 5.97. The van der Waals surface area contributed by atoms with E-state index >= 15 is 0 Å². The van der Waals surface area contributed by atoms with E-state index in [1.807, 2.05) is 6.08 Å². The summed E-state index contributed by atoms with van der Waals surface area (Å²) in [7, 11) is 0. The van der Waals surface area contributed by atoms with Gasteiger partial charge in [0.05, 0.1) is 12.7 Å². The first-order chi connectivity index (χ1) is 8.53. The predicted molar refractivity (Wildman–Crippen MR) is 65.9 cm³/mol. The molecular weight excluding hydrogens is 228 g/mol. The molecule has 5 aliphatic rings. The first kappa shape index (κ1) is 11.2. The van der Waals surface area contributed by atoms with Crippen molar-refractivity contribution in [2.75, 3.05) is 6.61 Å². The van der Waals surface area contributed by atoms with E-state index < -0.39 is 0 Å². The maximum absolute atomic E-state index is 12.0. The van der Waals surface area contributed by atoms with Gasteiger partial charge in [0.25, 0.3) is 0 Å². The molecule has 3 heteroatoms. The Kier molecular flexibility index (Phi) is 2.02. The minimum atomic E-state index is -0.0923. The van der Waals surface area contributed by atoms with Crippen molar-refractivity contribution in [1.82, 2.24) is 0 Å². The summed E-state index contributed by atoms with van der Waals surface area (Å²) in [5.41, 5.74) is 1.56. The van der Waals surface area contributed by atoms with Crippen LogP contribution < -0.4 is 0 Å². The van der Waals surface area contributed by atoms with Gasteiger partial charge in [0.15, 0.2) is 12.1 Å². The third kappa shape index (κ3) is 1.19. The second-order valence-electron chi connectivity index (χ2n) is 6.82. The van der Waals surface area contributed by atoms with Crippen molar-refractivity contribution >= 4 is 5.78 Å². The van der Waals surface area contributed by atoms with Crippen molar-refractivity contribution in [1.29, 1.82) is 0 Å². The number of ketones is 1. The van der Waals surface area contributed by atoms with E-state index in [1.165, 1.54) is 5.57 Å². The summed E-state index contributed by atoms with van der Waals surface area (Å²) in [6.07, 6.45) is 5.73. The van der Waals surface area contributed by atoms with Crippen LogP contribution in [0.15, 0.2) is 11.6 Å². The predicted octanol–water partition coefficient (Wildman–Crippen LogP) is 2.45. The van der Waals surface area contributed by atoms with E-state index in [4.69, 9.17) is 9.47 Å². The van der Waals surface area contributed by atoms with Crippen LogP contribution in [0.1, 0.15) is 39.5 Å². The molecule has 3 aliphatic heterocycles. The van der Waals surface area contributed by atoms with Crippen LogP contribution in [0.4, 0.5) is 0 Å². The number of allylic oxidation sites excluding steroid dienone is 2. The number of fused-ring (bicyclic) bond motifs is 2. The molecule has 1 unspecified atom stereocenters. The van der Waals surface area contributed by atoms with Crippen LogP contribution in [0.5, 0.6) is 0 Å². The molecule has 0 N–H and O–H groups in total. The van der Waals surface area contributed by atoms with Crippen molar-refractivity contribution in [3.05, 3.63) is 11.6 Å². The largest absolute Gasteiger partial charge is 0.353 e. The second-order valence-corrected chi connectivity index (χ2v) is 6.82. The lowest BCUT2D eigenvalue weighted by atomic mass is 9.51. The van der Waals surface area contributed by atoms with Crippen LogP contribution in [0.25, 0.3) is 0 Å². The molecular formula is C15H20O3. The smallest absolute Gasteiger partial charge is 0.158 e. The van der Waals surface area contributed by atoms with Gasteiger partial charge < -0.3 is 9.47 Å². The fourth-order valence-electron chi connectivity index (χ4n) is 4.82. The Balaban J connectivity index is 1.91. The summed E-state index contributed by atoms with van der Waals surface area (Å²) < 4.78 is 11.9. The lowest BCUT2D eigenvalue weighted by Gasteiger charge is -2.59. The summed E-state index contributed by atoms with van der Waals surface area (Å²) in [5, 5.41) is 0. The fourth-order valence-corrected chi connectivity index (χ4v) is 4.82. The molecule has 4 bridgehead atoms. The highest BCUT2D eigenvalue weighted by atomic mass is 16.7. The fraction of sp³-hybridized carbons (Fsp3) is 0.800. The van der Waals surface area contributed by atoms with Gasteiger partial charge in [-0.2, -0.15) is 0 Å². The first-order valence-electron chi connectivity index (χ1n) is 7.06. The number of hydrogen-bond acceptors (Lipinski definition) is 3. The topological polar surface area (TPSA) is 35.5 Å². The van der Waals surface area contributed by atoms with Crippen molar-refractivity contribution in [2.45, 2.75) is 51.9 Å². The molecule has 2 aliphatic carbocycles. The van der Waals surface area contributed by atoms with E-state index in [2.05, 4.69) is 13.8 Å². The molecule has 0 radical (unpaired) electrons. The van der Waals surface area contributed by atoms with Gasteiger partial charge in [-0.1, -0.05) is 19.4 Å². The van der Waals surface area contributed by atoms with Crippen LogP contribution in [0.3, 0.4) is 0 Å². The summed E-state index contributed by atoms with van der Waals surface area (Å²) >= 11 is 0. The Morgan fingerprint density at radius 1 is 1.39 bits per heavy atom. The van der Waals surface area contributed by atoms with Crippen LogP contribution in [0.2, 0.25) is 0 Å². The molecule has 18 heavy (non-hydrogen) atoms. The van der Waals surface area contributed by atoms with Gasteiger partial charge in [-0.15, -0.1) is 0 Å². The molecule has 5 rings (SSSR count). The van der Waals surface area contributed by atoms with E-state index in [0.717, 1.165) is 25.9 Å². The molecule has 0 aromatic rings. The first-order valence-corrected chi connectivity index (χ1v) is 7.06. The molecule has 0 aromatic heterocycles. The summed E-state index contributed by atoms with van der Waals surface area (Å²) in [4.78, 5) is 12.0. The molecule has 1 spiro atoms. The van der Waals surface area contributed by atoms with Gasteiger partial charge in [0, 0.05) is 18.3 Å². The Morgan fingerprint density at radius 2 is 2.22 bits per heavy atom. The maximum atomic E-state index is 12.0. The van der Waals surface area contributed by atoms with E-state index in [1.54, 1.807) is 0 Å². The van der Waals surface area contributed by atoms with Crippen molar-refractivity contribution in [2.24, 2.45) is 16.7 Å². The lowest BCUT2D eigenvalue weighted by molar-refractivity contribution is -0.268. The van der Waals surface area contributed by atoms with Crippen LogP contribution in [0, 0.1) is 16.7 Å². The van der Waals surface area contributed by atoms with Crippen molar-refractivity contribution in [3.8, 4) is 0 Å². The standard InChI is InChI=1S/C15H20O3/c1-9-11-7-15-6-10(16)5-12(15)14(9,2)3-4-17-13(8-15)18-11/h5,9,11,13H,3-4,6-8H2,1-2H3/t9-,11-,13?,14-,15-/m0/s1. The Labute approximate surface area is 108 Å². The lowest BCUT2D eigenvalue weighted by Crippen LogP contribution is -2.57. The summed E-state index contributed by atoms with van der Waals surface area (Å²) in [6, 6.07) is 0. The summed E-state index contributed by atoms with van der Waals surface area (Å²) in [5.74, 6) is 0.793. The van der Waals surface area contributed by atoms with E-state index in [9.17, 15) is 4.79 Å². The third-order valence-corrected chi connectivity index (χ3v) is 5.97. The normalized spacial score (nSPS) is 54.0. The van der Waals surface area contributed by atoms with E-state index in [0.29, 0.717) is 18.1 Å². The van der Waals surface area contributed by atoms with Gasteiger partial charge in [-0.05, 0) is 30.3 Å². The molecule has 3 heterocycles. The molecule has 3 saturated heterocycles. The second kappa shape index (κ2) is 3.26. The molecule has 3 nitrogen and oxygen atoms in total. The van der Waals surface area contributed by atoms with Crippen LogP contribution in [-0.4, -0.2) is 24.8 Å². The molecule has 0 aromatic carbocycles. The van der Waals surface area contributed by atoms with Gasteiger partial charge in [0.2, 0.25) is 0 Å². The number of hydrogen-bond donors (Lipinski definition) is 0. The van der Waals surface area contributed by atoms with Crippen LogP contribution >= 0.6 is 0 Å². The highest BCUT2D eigenvalue weighted by Gasteiger charge is 2.61. The molecule has 5 atom stereocenters. The van der Waals surface area contributed by atoms with Gasteiger partial charge >= 0.3 is 0 Å². The number of carbonyl (C=O) groups excluding carboxylic acids is 1. The zero-order chi connectivity index (χ0) is 12.5. The Morgan fingerprint density at radius 3 is 3.06 bits per heavy atom.